The van der Waals surface area contributed by atoms with Crippen LogP contribution in [0.5, 0.6) is 0 Å². The Balaban J connectivity index is 1.75. The third-order valence-corrected chi connectivity index (χ3v) is 4.92. The number of benzene rings is 1. The van der Waals surface area contributed by atoms with Crippen molar-refractivity contribution in [3.8, 4) is 11.3 Å². The van der Waals surface area contributed by atoms with E-state index in [2.05, 4.69) is 15.4 Å². The van der Waals surface area contributed by atoms with Crippen molar-refractivity contribution in [1.82, 2.24) is 19.9 Å². The van der Waals surface area contributed by atoms with Crippen LogP contribution in [0.2, 0.25) is 0 Å². The highest BCUT2D eigenvalue weighted by molar-refractivity contribution is 7.09. The molecule has 0 spiro atoms. The third kappa shape index (κ3) is 3.43. The van der Waals surface area contributed by atoms with Crippen LogP contribution in [-0.4, -0.2) is 20.5 Å². The second kappa shape index (κ2) is 7.24. The number of carbonyl (C=O) groups excluding carboxylic acids is 1. The van der Waals surface area contributed by atoms with Crippen molar-refractivity contribution in [2.45, 2.75) is 13.0 Å². The Hall–Kier alpha value is -3.13. The first-order valence-corrected chi connectivity index (χ1v) is 9.04. The molecule has 0 saturated heterocycles. The van der Waals surface area contributed by atoms with Crippen LogP contribution in [0.1, 0.15) is 27.4 Å². The summed E-state index contributed by atoms with van der Waals surface area (Å²) in [5.41, 5.74) is 1.01. The van der Waals surface area contributed by atoms with Gasteiger partial charge in [0, 0.05) is 10.4 Å². The number of thiophene rings is 1. The molecule has 0 aliphatic carbocycles. The largest absolute Gasteiger partial charge is 0.347 e. The zero-order valence-electron chi connectivity index (χ0n) is 14.0. The molecule has 3 heterocycles. The molecule has 136 valence electrons. The van der Waals surface area contributed by atoms with Gasteiger partial charge in [-0.15, -0.1) is 11.3 Å². The van der Waals surface area contributed by atoms with Gasteiger partial charge in [0.2, 0.25) is 0 Å². The number of nitrogens with zero attached hydrogens (tertiary/aromatic N) is 3. The van der Waals surface area contributed by atoms with Crippen molar-refractivity contribution in [3.63, 3.8) is 0 Å². The molecule has 0 aliphatic heterocycles. The Bertz CT molecular complexity index is 1080. The predicted molar refractivity (Wildman–Crippen MR) is 98.9 cm³/mol. The fraction of sp³-hybridized carbons (Fsp3) is 0.105. The summed E-state index contributed by atoms with van der Waals surface area (Å²) < 4.78 is 28.1. The van der Waals surface area contributed by atoms with E-state index in [9.17, 15) is 13.6 Å². The molecular weight excluding hydrogens is 370 g/mol. The van der Waals surface area contributed by atoms with Gasteiger partial charge >= 0.3 is 0 Å². The van der Waals surface area contributed by atoms with Crippen molar-refractivity contribution in [3.05, 3.63) is 76.2 Å². The second-order valence-corrected chi connectivity index (χ2v) is 6.82. The van der Waals surface area contributed by atoms with Crippen molar-refractivity contribution in [2.75, 3.05) is 0 Å². The SMILES string of the molecule is O=C(NCc1cccs1)c1cnn2c(C(F)F)cc(-c3ccccc3)nc12. The van der Waals surface area contributed by atoms with Crippen LogP contribution in [0.4, 0.5) is 8.78 Å². The highest BCUT2D eigenvalue weighted by Gasteiger charge is 2.21. The van der Waals surface area contributed by atoms with Gasteiger partial charge in [-0.2, -0.15) is 5.10 Å². The minimum atomic E-state index is -2.75. The smallest absolute Gasteiger partial charge is 0.280 e. The quantitative estimate of drug-likeness (QED) is 0.557. The normalized spacial score (nSPS) is 11.2. The maximum absolute atomic E-state index is 13.5. The van der Waals surface area contributed by atoms with Gasteiger partial charge in [-0.1, -0.05) is 36.4 Å². The van der Waals surface area contributed by atoms with E-state index in [0.717, 1.165) is 9.39 Å². The molecule has 8 heteroatoms. The van der Waals surface area contributed by atoms with E-state index in [0.29, 0.717) is 17.8 Å². The molecular formula is C19H14F2N4OS. The van der Waals surface area contributed by atoms with Crippen LogP contribution < -0.4 is 5.32 Å². The monoisotopic (exact) mass is 384 g/mol. The van der Waals surface area contributed by atoms with E-state index >= 15 is 0 Å². The van der Waals surface area contributed by atoms with Gasteiger partial charge < -0.3 is 5.32 Å². The summed E-state index contributed by atoms with van der Waals surface area (Å²) in [7, 11) is 0. The maximum atomic E-state index is 13.5. The molecule has 4 aromatic rings. The van der Waals surface area contributed by atoms with Gasteiger partial charge in [-0.05, 0) is 17.5 Å². The number of amides is 1. The average molecular weight is 384 g/mol. The fourth-order valence-corrected chi connectivity index (χ4v) is 3.38. The molecule has 27 heavy (non-hydrogen) atoms. The van der Waals surface area contributed by atoms with Crippen LogP contribution in [0.15, 0.2) is 60.1 Å². The van der Waals surface area contributed by atoms with E-state index in [4.69, 9.17) is 0 Å². The van der Waals surface area contributed by atoms with E-state index in [1.807, 2.05) is 23.6 Å². The Kier molecular flexibility index (Phi) is 4.64. The van der Waals surface area contributed by atoms with Crippen molar-refractivity contribution in [2.24, 2.45) is 0 Å². The summed E-state index contributed by atoms with van der Waals surface area (Å²) in [6.07, 6.45) is -1.48. The van der Waals surface area contributed by atoms with Gasteiger partial charge in [0.1, 0.15) is 11.3 Å². The van der Waals surface area contributed by atoms with Crippen LogP contribution in [0.3, 0.4) is 0 Å². The van der Waals surface area contributed by atoms with Gasteiger partial charge in [0.05, 0.1) is 18.4 Å². The molecule has 0 atom stereocenters. The minimum Gasteiger partial charge on any atom is -0.347 e. The number of hydrogen-bond acceptors (Lipinski definition) is 4. The summed E-state index contributed by atoms with van der Waals surface area (Å²) in [4.78, 5) is 18.0. The number of hydrogen-bond donors (Lipinski definition) is 1. The number of nitrogens with one attached hydrogen (secondary N) is 1. The molecule has 0 saturated carbocycles. The molecule has 4 rings (SSSR count). The number of alkyl halides is 2. The van der Waals surface area contributed by atoms with Gasteiger partial charge in [0.15, 0.2) is 5.65 Å². The highest BCUT2D eigenvalue weighted by atomic mass is 32.1. The first-order chi connectivity index (χ1) is 13.1. The van der Waals surface area contributed by atoms with Crippen molar-refractivity contribution < 1.29 is 13.6 Å². The van der Waals surface area contributed by atoms with Gasteiger partial charge in [-0.25, -0.2) is 18.3 Å². The number of carbonyl (C=O) groups is 1. The average Bonchev–Trinajstić information content (AvgIpc) is 3.35. The van der Waals surface area contributed by atoms with Gasteiger partial charge in [0.25, 0.3) is 12.3 Å². The number of fused-ring (bicyclic) bond motifs is 1. The summed E-state index contributed by atoms with van der Waals surface area (Å²) >= 11 is 1.52. The molecule has 0 aliphatic rings. The van der Waals surface area contributed by atoms with Crippen LogP contribution in [0, 0.1) is 0 Å². The van der Waals surface area contributed by atoms with E-state index in [1.54, 1.807) is 24.3 Å². The zero-order valence-corrected chi connectivity index (χ0v) is 14.8. The Morgan fingerprint density at radius 2 is 2.00 bits per heavy atom. The lowest BCUT2D eigenvalue weighted by molar-refractivity contribution is 0.0952. The first-order valence-electron chi connectivity index (χ1n) is 8.16. The van der Waals surface area contributed by atoms with Gasteiger partial charge in [-0.3, -0.25) is 4.79 Å². The number of aromatic nitrogens is 3. The molecule has 1 aromatic carbocycles. The topological polar surface area (TPSA) is 59.3 Å². The van der Waals surface area contributed by atoms with Crippen LogP contribution in [0.25, 0.3) is 16.9 Å². The molecule has 1 amide bonds. The van der Waals surface area contributed by atoms with E-state index in [-0.39, 0.29) is 16.9 Å². The molecule has 0 unspecified atom stereocenters. The number of halogens is 2. The summed E-state index contributed by atoms with van der Waals surface area (Å²) in [6, 6.07) is 14.1. The fourth-order valence-electron chi connectivity index (χ4n) is 2.73. The molecule has 3 aromatic heterocycles. The van der Waals surface area contributed by atoms with Crippen molar-refractivity contribution in [1.29, 1.82) is 0 Å². The standard InChI is InChI=1S/C19H14F2N4OS/c20-17(21)16-9-15(12-5-2-1-3-6-12)24-18-14(11-23-25(16)18)19(26)22-10-13-7-4-8-27-13/h1-9,11,17H,10H2,(H,22,26). The molecule has 1 N–H and O–H groups in total. The Morgan fingerprint density at radius 1 is 1.19 bits per heavy atom. The molecule has 0 bridgehead atoms. The Labute approximate surface area is 157 Å². The second-order valence-electron chi connectivity index (χ2n) is 5.79. The lowest BCUT2D eigenvalue weighted by Crippen LogP contribution is -2.22. The molecule has 0 fully saturated rings. The van der Waals surface area contributed by atoms with Crippen molar-refractivity contribution >= 4 is 22.9 Å². The lowest BCUT2D eigenvalue weighted by atomic mass is 10.1. The minimum absolute atomic E-state index is 0.107. The zero-order chi connectivity index (χ0) is 18.8. The molecule has 0 radical (unpaired) electrons. The van der Waals surface area contributed by atoms with E-state index in [1.165, 1.54) is 23.6 Å². The first kappa shape index (κ1) is 17.3. The predicted octanol–water partition coefficient (Wildman–Crippen LogP) is 4.33. The Morgan fingerprint density at radius 3 is 2.70 bits per heavy atom. The third-order valence-electron chi connectivity index (χ3n) is 4.04. The summed E-state index contributed by atoms with van der Waals surface area (Å²) in [5, 5.41) is 8.65. The highest BCUT2D eigenvalue weighted by Crippen LogP contribution is 2.26. The molecule has 5 nitrogen and oxygen atoms in total. The van der Waals surface area contributed by atoms with Crippen LogP contribution in [-0.2, 0) is 6.54 Å². The summed E-state index contributed by atoms with van der Waals surface area (Å²) in [6.45, 7) is 0.355. The van der Waals surface area contributed by atoms with E-state index < -0.39 is 12.3 Å². The lowest BCUT2D eigenvalue weighted by Gasteiger charge is -2.08. The maximum Gasteiger partial charge on any atom is 0.280 e. The summed E-state index contributed by atoms with van der Waals surface area (Å²) in [5.74, 6) is -0.406. The number of rotatable bonds is 5. The van der Waals surface area contributed by atoms with Crippen LogP contribution >= 0.6 is 11.3 Å².